The molecule has 3 rings (SSSR count). The second kappa shape index (κ2) is 12.8. The SMILES string of the molecule is Cc1ccc(C(OS(=O)(=O)c2cccc(C#CC#CC#Cc3ccc(C(=O)OC(C)(C)C)cc3)c2)C(F)(F)F)cc1. The van der Waals surface area contributed by atoms with Gasteiger partial charge in [0.2, 0.25) is 0 Å². The summed E-state index contributed by atoms with van der Waals surface area (Å²) in [7, 11) is -4.79. The highest BCUT2D eigenvalue weighted by atomic mass is 32.2. The molecular weight excluding hydrogens is 553 g/mol. The summed E-state index contributed by atoms with van der Waals surface area (Å²) in [6, 6.07) is 16.7. The van der Waals surface area contributed by atoms with Gasteiger partial charge in [0.25, 0.3) is 10.1 Å². The summed E-state index contributed by atoms with van der Waals surface area (Å²) in [5, 5.41) is 0. The highest BCUT2D eigenvalue weighted by molar-refractivity contribution is 7.86. The summed E-state index contributed by atoms with van der Waals surface area (Å²) in [4.78, 5) is 11.6. The number of aryl methyl sites for hydroxylation is 1. The van der Waals surface area contributed by atoms with E-state index in [9.17, 15) is 26.4 Å². The lowest BCUT2D eigenvalue weighted by atomic mass is 10.1. The molecule has 0 aliphatic heterocycles. The van der Waals surface area contributed by atoms with E-state index in [0.29, 0.717) is 16.7 Å². The van der Waals surface area contributed by atoms with Crippen LogP contribution < -0.4 is 0 Å². The number of ether oxygens (including phenoxy) is 1. The number of hydrogen-bond donors (Lipinski definition) is 0. The molecule has 0 aliphatic carbocycles. The van der Waals surface area contributed by atoms with Gasteiger partial charge in [-0.3, -0.25) is 0 Å². The molecule has 0 heterocycles. The van der Waals surface area contributed by atoms with Crippen molar-refractivity contribution in [3.8, 4) is 35.5 Å². The molecule has 210 valence electrons. The zero-order valence-electron chi connectivity index (χ0n) is 22.6. The van der Waals surface area contributed by atoms with Gasteiger partial charge >= 0.3 is 12.1 Å². The molecule has 5 nitrogen and oxygen atoms in total. The molecule has 0 bridgehead atoms. The number of alkyl halides is 3. The second-order valence-corrected chi connectivity index (χ2v) is 11.3. The van der Waals surface area contributed by atoms with E-state index >= 15 is 0 Å². The van der Waals surface area contributed by atoms with E-state index in [4.69, 9.17) is 4.74 Å². The minimum Gasteiger partial charge on any atom is -0.456 e. The van der Waals surface area contributed by atoms with E-state index in [2.05, 4.69) is 39.7 Å². The fourth-order valence-corrected chi connectivity index (χ4v) is 4.35. The van der Waals surface area contributed by atoms with Crippen LogP contribution in [-0.2, 0) is 19.0 Å². The van der Waals surface area contributed by atoms with Gasteiger partial charge in [-0.05, 0) is 99.4 Å². The fourth-order valence-electron chi connectivity index (χ4n) is 3.25. The van der Waals surface area contributed by atoms with Gasteiger partial charge in [-0.1, -0.05) is 47.7 Å². The van der Waals surface area contributed by atoms with Crippen LogP contribution in [0.5, 0.6) is 0 Å². The zero-order valence-corrected chi connectivity index (χ0v) is 23.4. The molecule has 0 aliphatic rings. The Morgan fingerprint density at radius 3 is 1.95 bits per heavy atom. The average Bonchev–Trinajstić information content (AvgIpc) is 2.89. The monoisotopic (exact) mass is 578 g/mol. The standard InChI is InChI=1S/C32H25F3O5S/c1-23-14-18-26(19-15-23)29(32(33,34)35)40-41(37,38)28-13-9-12-25(22-28)11-8-6-5-7-10-24-16-20-27(21-17-24)30(36)39-31(2,3)4/h9,12-22,29H,1-4H3. The molecule has 0 spiro atoms. The lowest BCUT2D eigenvalue weighted by Crippen LogP contribution is -2.26. The van der Waals surface area contributed by atoms with Crippen molar-refractivity contribution < 1.29 is 35.3 Å². The van der Waals surface area contributed by atoms with Crippen molar-refractivity contribution in [1.29, 1.82) is 0 Å². The Morgan fingerprint density at radius 1 is 0.805 bits per heavy atom. The van der Waals surface area contributed by atoms with Crippen LogP contribution in [0, 0.1) is 42.4 Å². The van der Waals surface area contributed by atoms with Crippen LogP contribution in [0.15, 0.2) is 77.7 Å². The van der Waals surface area contributed by atoms with Gasteiger partial charge < -0.3 is 4.74 Å². The average molecular weight is 579 g/mol. The molecule has 0 saturated heterocycles. The molecule has 0 saturated carbocycles. The molecular formula is C32H25F3O5S. The van der Waals surface area contributed by atoms with Crippen LogP contribution in [0.3, 0.4) is 0 Å². The normalized spacial score (nSPS) is 12.0. The van der Waals surface area contributed by atoms with Crippen LogP contribution in [0.25, 0.3) is 0 Å². The molecule has 3 aromatic carbocycles. The molecule has 9 heteroatoms. The Balaban J connectivity index is 1.70. The molecule has 41 heavy (non-hydrogen) atoms. The third-order valence-electron chi connectivity index (χ3n) is 5.14. The van der Waals surface area contributed by atoms with Gasteiger partial charge in [-0.2, -0.15) is 21.6 Å². The van der Waals surface area contributed by atoms with Crippen LogP contribution in [0.4, 0.5) is 13.2 Å². The Labute approximate surface area is 237 Å². The van der Waals surface area contributed by atoms with Crippen molar-refractivity contribution in [2.45, 2.75) is 50.5 Å². The molecule has 1 atom stereocenters. The summed E-state index contributed by atoms with van der Waals surface area (Å²) >= 11 is 0. The lowest BCUT2D eigenvalue weighted by molar-refractivity contribution is -0.196. The van der Waals surface area contributed by atoms with E-state index in [1.807, 2.05) is 0 Å². The molecule has 0 aromatic heterocycles. The van der Waals surface area contributed by atoms with E-state index in [1.165, 1.54) is 36.4 Å². The van der Waals surface area contributed by atoms with Gasteiger partial charge in [0.15, 0.2) is 6.10 Å². The van der Waals surface area contributed by atoms with Crippen LogP contribution in [-0.4, -0.2) is 26.2 Å². The van der Waals surface area contributed by atoms with Crippen molar-refractivity contribution in [3.05, 3.63) is 101 Å². The van der Waals surface area contributed by atoms with Crippen molar-refractivity contribution in [3.63, 3.8) is 0 Å². The van der Waals surface area contributed by atoms with Crippen molar-refractivity contribution in [1.82, 2.24) is 0 Å². The number of carbonyl (C=O) groups excluding carboxylic acids is 1. The van der Waals surface area contributed by atoms with Crippen molar-refractivity contribution >= 4 is 16.1 Å². The molecule has 0 radical (unpaired) electrons. The third kappa shape index (κ3) is 9.58. The summed E-state index contributed by atoms with van der Waals surface area (Å²) < 4.78 is 76.3. The van der Waals surface area contributed by atoms with E-state index < -0.39 is 38.9 Å². The largest absolute Gasteiger partial charge is 0.456 e. The van der Waals surface area contributed by atoms with Gasteiger partial charge in [0, 0.05) is 11.1 Å². The first-order valence-corrected chi connectivity index (χ1v) is 13.6. The van der Waals surface area contributed by atoms with Gasteiger partial charge in [0.1, 0.15) is 5.60 Å². The Kier molecular flexibility index (Phi) is 9.68. The minimum atomic E-state index is -4.96. The lowest BCUT2D eigenvalue weighted by Gasteiger charge is -2.21. The topological polar surface area (TPSA) is 69.7 Å². The zero-order chi connectivity index (χ0) is 30.3. The van der Waals surface area contributed by atoms with Gasteiger partial charge in [0.05, 0.1) is 10.5 Å². The Hall–Kier alpha value is -4.49. The molecule has 3 aromatic rings. The number of carbonyl (C=O) groups is 1. The molecule has 0 N–H and O–H groups in total. The number of rotatable bonds is 5. The summed E-state index contributed by atoms with van der Waals surface area (Å²) in [6.45, 7) is 7.03. The second-order valence-electron chi connectivity index (χ2n) is 9.74. The minimum absolute atomic E-state index is 0.202. The first-order chi connectivity index (χ1) is 19.1. The predicted octanol–water partition coefficient (Wildman–Crippen LogP) is 6.37. The first-order valence-electron chi connectivity index (χ1n) is 12.2. The van der Waals surface area contributed by atoms with Gasteiger partial charge in [-0.15, -0.1) is 0 Å². The third-order valence-corrected chi connectivity index (χ3v) is 6.42. The highest BCUT2D eigenvalue weighted by Gasteiger charge is 2.45. The Bertz CT molecular complexity index is 1700. The van der Waals surface area contributed by atoms with Crippen LogP contribution in [0.2, 0.25) is 0 Å². The first kappa shape index (κ1) is 31.0. The maximum atomic E-state index is 13.7. The fraction of sp³-hybridized carbons (Fsp3) is 0.219. The molecule has 0 amide bonds. The van der Waals surface area contributed by atoms with Crippen molar-refractivity contribution in [2.24, 2.45) is 0 Å². The highest BCUT2D eigenvalue weighted by Crippen LogP contribution is 2.38. The van der Waals surface area contributed by atoms with E-state index in [1.54, 1.807) is 52.0 Å². The number of hydrogen-bond acceptors (Lipinski definition) is 5. The van der Waals surface area contributed by atoms with Crippen LogP contribution >= 0.6 is 0 Å². The molecule has 0 fully saturated rings. The summed E-state index contributed by atoms with van der Waals surface area (Å²) in [5.41, 5.74) is 0.979. The Morgan fingerprint density at radius 2 is 1.39 bits per heavy atom. The summed E-state index contributed by atoms with van der Waals surface area (Å²) in [6.07, 6.45) is -7.63. The van der Waals surface area contributed by atoms with E-state index in [0.717, 1.165) is 12.1 Å². The number of benzene rings is 3. The maximum absolute atomic E-state index is 13.7. The predicted molar refractivity (Wildman–Crippen MR) is 148 cm³/mol. The van der Waals surface area contributed by atoms with Crippen molar-refractivity contribution in [2.75, 3.05) is 0 Å². The van der Waals surface area contributed by atoms with Gasteiger partial charge in [-0.25, -0.2) is 8.98 Å². The number of esters is 1. The summed E-state index contributed by atoms with van der Waals surface area (Å²) in [5.74, 6) is 15.2. The van der Waals surface area contributed by atoms with E-state index in [-0.39, 0.29) is 11.1 Å². The quantitative estimate of drug-likeness (QED) is 0.200. The molecule has 1 unspecified atom stereocenters. The maximum Gasteiger partial charge on any atom is 0.420 e. The number of halogens is 3. The smallest absolute Gasteiger partial charge is 0.420 e. The van der Waals surface area contributed by atoms with Crippen LogP contribution in [0.1, 0.15) is 59.5 Å².